The summed E-state index contributed by atoms with van der Waals surface area (Å²) in [5.74, 6) is 2.09. The van der Waals surface area contributed by atoms with Gasteiger partial charge in [-0.25, -0.2) is 0 Å². The van der Waals surface area contributed by atoms with E-state index in [0.717, 1.165) is 50.6 Å². The molecule has 0 saturated carbocycles. The van der Waals surface area contributed by atoms with E-state index in [1.54, 1.807) is 7.11 Å². The first kappa shape index (κ1) is 24.5. The maximum absolute atomic E-state index is 6.68. The average molecular weight is 478 g/mol. The maximum atomic E-state index is 6.68. The highest BCUT2D eigenvalue weighted by molar-refractivity contribution is 5.71. The van der Waals surface area contributed by atoms with Crippen molar-refractivity contribution in [2.75, 3.05) is 57.8 Å². The summed E-state index contributed by atoms with van der Waals surface area (Å²) in [4.78, 5) is 7.94. The Bertz CT molecular complexity index is 1050. The molecule has 2 aromatic rings. The van der Waals surface area contributed by atoms with E-state index in [2.05, 4.69) is 73.6 Å². The zero-order valence-electron chi connectivity index (χ0n) is 22.6. The molecular weight excluding hydrogens is 434 g/mol. The summed E-state index contributed by atoms with van der Waals surface area (Å²) in [6.07, 6.45) is 3.69. The minimum Gasteiger partial charge on any atom is -0.497 e. The number of hydrogen-bond acceptors (Lipinski definition) is 5. The van der Waals surface area contributed by atoms with E-state index in [-0.39, 0.29) is 5.60 Å². The van der Waals surface area contributed by atoms with Crippen LogP contribution in [0.4, 0.5) is 5.69 Å². The second kappa shape index (κ2) is 9.67. The molecule has 2 fully saturated rings. The van der Waals surface area contributed by atoms with Crippen LogP contribution in [0.1, 0.15) is 60.5 Å². The minimum absolute atomic E-state index is 0.187. The van der Waals surface area contributed by atoms with Crippen molar-refractivity contribution < 1.29 is 9.47 Å². The molecule has 0 radical (unpaired) electrons. The number of benzene rings is 2. The summed E-state index contributed by atoms with van der Waals surface area (Å²) in [6, 6.07) is 8.86. The van der Waals surface area contributed by atoms with Gasteiger partial charge in [-0.2, -0.15) is 0 Å². The molecule has 2 aromatic carbocycles. The molecule has 2 saturated heterocycles. The molecule has 190 valence electrons. The number of fused-ring (bicyclic) bond motifs is 1. The largest absolute Gasteiger partial charge is 0.497 e. The summed E-state index contributed by atoms with van der Waals surface area (Å²) < 4.78 is 12.0. The third-order valence-electron chi connectivity index (χ3n) is 8.63. The van der Waals surface area contributed by atoms with Crippen molar-refractivity contribution >= 4 is 5.69 Å². The smallest absolute Gasteiger partial charge is 0.128 e. The van der Waals surface area contributed by atoms with E-state index in [1.165, 1.54) is 59.4 Å². The van der Waals surface area contributed by atoms with Gasteiger partial charge in [-0.05, 0) is 101 Å². The molecule has 0 bridgehead atoms. The zero-order valence-corrected chi connectivity index (χ0v) is 22.6. The van der Waals surface area contributed by atoms with Gasteiger partial charge in [0.05, 0.1) is 13.2 Å². The van der Waals surface area contributed by atoms with E-state index in [1.807, 2.05) is 0 Å². The standard InChI is InChI=1S/C30H43N3O2/c1-21-22(2)28-26(29(30(4,5)35-28)33-14-7-8-15-33)23(3)27(21)32-19-17-31(18-20-32)16-13-24-9-11-25(34-6)12-10-24/h9-12,29H,7-8,13-20H2,1-6H3. The number of likely N-dealkylation sites (tertiary alicyclic amines) is 1. The van der Waals surface area contributed by atoms with Crippen LogP contribution in [0.15, 0.2) is 24.3 Å². The number of nitrogens with zero attached hydrogens (tertiary/aromatic N) is 3. The van der Waals surface area contributed by atoms with Gasteiger partial charge in [0, 0.05) is 44.0 Å². The van der Waals surface area contributed by atoms with Gasteiger partial charge in [-0.1, -0.05) is 12.1 Å². The van der Waals surface area contributed by atoms with Crippen LogP contribution in [0.5, 0.6) is 11.5 Å². The molecule has 0 N–H and O–H groups in total. The third-order valence-corrected chi connectivity index (χ3v) is 8.63. The highest BCUT2D eigenvalue weighted by Crippen LogP contribution is 2.53. The van der Waals surface area contributed by atoms with Crippen molar-refractivity contribution in [2.45, 2.75) is 65.5 Å². The quantitative estimate of drug-likeness (QED) is 0.564. The first-order chi connectivity index (χ1) is 16.8. The van der Waals surface area contributed by atoms with Crippen molar-refractivity contribution in [3.8, 4) is 11.5 Å². The predicted octanol–water partition coefficient (Wildman–Crippen LogP) is 5.29. The van der Waals surface area contributed by atoms with E-state index in [4.69, 9.17) is 9.47 Å². The van der Waals surface area contributed by atoms with Crippen LogP contribution < -0.4 is 14.4 Å². The molecule has 5 nitrogen and oxygen atoms in total. The average Bonchev–Trinajstić information content (AvgIpc) is 3.48. The molecule has 1 atom stereocenters. The van der Waals surface area contributed by atoms with Crippen molar-refractivity contribution in [3.63, 3.8) is 0 Å². The molecule has 5 heteroatoms. The van der Waals surface area contributed by atoms with Gasteiger partial charge in [-0.3, -0.25) is 9.80 Å². The third kappa shape index (κ3) is 4.53. The SMILES string of the molecule is COc1ccc(CCN2CCN(c3c(C)c(C)c4c(c3C)C(N3CCCC3)C(C)(C)O4)CC2)cc1. The summed E-state index contributed by atoms with van der Waals surface area (Å²) in [7, 11) is 1.72. The number of methoxy groups -OCH3 is 1. The normalized spacial score (nSPS) is 22.3. The van der Waals surface area contributed by atoms with Crippen LogP contribution in [-0.2, 0) is 6.42 Å². The highest BCUT2D eigenvalue weighted by atomic mass is 16.5. The van der Waals surface area contributed by atoms with Gasteiger partial charge in [0.2, 0.25) is 0 Å². The Hall–Kier alpha value is -2.24. The Morgan fingerprint density at radius 3 is 2.17 bits per heavy atom. The monoisotopic (exact) mass is 477 g/mol. The second-order valence-electron chi connectivity index (χ2n) is 11.2. The molecule has 3 aliphatic heterocycles. The Labute approximate surface area is 212 Å². The molecule has 3 aliphatic rings. The fourth-order valence-electron chi connectivity index (χ4n) is 6.63. The van der Waals surface area contributed by atoms with Crippen LogP contribution in [0.3, 0.4) is 0 Å². The summed E-state index contributed by atoms with van der Waals surface area (Å²) in [5.41, 5.74) is 8.27. The first-order valence-electron chi connectivity index (χ1n) is 13.5. The molecule has 0 amide bonds. The van der Waals surface area contributed by atoms with Crippen LogP contribution in [0.2, 0.25) is 0 Å². The molecule has 1 unspecified atom stereocenters. The molecule has 5 rings (SSSR count). The molecule has 0 aliphatic carbocycles. The highest BCUT2D eigenvalue weighted by Gasteiger charge is 2.47. The molecule has 3 heterocycles. The molecular formula is C30H43N3O2. The van der Waals surface area contributed by atoms with Gasteiger partial charge in [0.15, 0.2) is 0 Å². The molecule has 35 heavy (non-hydrogen) atoms. The minimum atomic E-state index is -0.187. The van der Waals surface area contributed by atoms with Crippen LogP contribution in [0.25, 0.3) is 0 Å². The van der Waals surface area contributed by atoms with Crippen LogP contribution >= 0.6 is 0 Å². The van der Waals surface area contributed by atoms with Gasteiger partial charge in [0.1, 0.15) is 17.1 Å². The zero-order chi connectivity index (χ0) is 24.7. The van der Waals surface area contributed by atoms with E-state index in [9.17, 15) is 0 Å². The van der Waals surface area contributed by atoms with Gasteiger partial charge >= 0.3 is 0 Å². The molecule has 0 spiro atoms. The van der Waals surface area contributed by atoms with Gasteiger partial charge in [-0.15, -0.1) is 0 Å². The van der Waals surface area contributed by atoms with E-state index >= 15 is 0 Å². The lowest BCUT2D eigenvalue weighted by Gasteiger charge is -2.39. The Morgan fingerprint density at radius 1 is 0.886 bits per heavy atom. The van der Waals surface area contributed by atoms with Crippen LogP contribution in [0, 0.1) is 20.8 Å². The lowest BCUT2D eigenvalue weighted by Crippen LogP contribution is -2.47. The van der Waals surface area contributed by atoms with Gasteiger partial charge < -0.3 is 14.4 Å². The van der Waals surface area contributed by atoms with Crippen LogP contribution in [-0.4, -0.2) is 68.3 Å². The van der Waals surface area contributed by atoms with Crippen molar-refractivity contribution in [1.82, 2.24) is 9.80 Å². The van der Waals surface area contributed by atoms with E-state index < -0.39 is 0 Å². The number of piperazine rings is 1. The predicted molar refractivity (Wildman–Crippen MR) is 144 cm³/mol. The Kier molecular flexibility index (Phi) is 6.75. The fraction of sp³-hybridized carbons (Fsp3) is 0.600. The van der Waals surface area contributed by atoms with Crippen molar-refractivity contribution in [2.24, 2.45) is 0 Å². The summed E-state index contributed by atoms with van der Waals surface area (Å²) in [5, 5.41) is 0. The lowest BCUT2D eigenvalue weighted by atomic mass is 9.87. The lowest BCUT2D eigenvalue weighted by molar-refractivity contribution is 0.0396. The first-order valence-corrected chi connectivity index (χ1v) is 13.5. The van der Waals surface area contributed by atoms with E-state index in [0.29, 0.717) is 6.04 Å². The molecule has 0 aromatic heterocycles. The Balaban J connectivity index is 1.32. The number of rotatable bonds is 6. The number of ether oxygens (including phenoxy) is 2. The van der Waals surface area contributed by atoms with Gasteiger partial charge in [0.25, 0.3) is 0 Å². The second-order valence-corrected chi connectivity index (χ2v) is 11.2. The maximum Gasteiger partial charge on any atom is 0.128 e. The van der Waals surface area contributed by atoms with Crippen molar-refractivity contribution in [3.05, 3.63) is 52.1 Å². The fourth-order valence-corrected chi connectivity index (χ4v) is 6.63. The number of hydrogen-bond donors (Lipinski definition) is 0. The summed E-state index contributed by atoms with van der Waals surface area (Å²) >= 11 is 0. The Morgan fingerprint density at radius 2 is 1.54 bits per heavy atom. The topological polar surface area (TPSA) is 28.2 Å². The van der Waals surface area contributed by atoms with Crippen molar-refractivity contribution in [1.29, 1.82) is 0 Å². The summed E-state index contributed by atoms with van der Waals surface area (Å²) in [6.45, 7) is 19.4. The number of anilines is 1.